The Balaban J connectivity index is 1.27. The van der Waals surface area contributed by atoms with Gasteiger partial charge in [-0.1, -0.05) is 18.2 Å². The third-order valence-electron chi connectivity index (χ3n) is 5.55. The number of ether oxygens (including phenoxy) is 2. The van der Waals surface area contributed by atoms with Crippen LogP contribution in [0.1, 0.15) is 23.3 Å². The summed E-state index contributed by atoms with van der Waals surface area (Å²) < 4.78 is 11.6. The van der Waals surface area contributed by atoms with E-state index in [-0.39, 0.29) is 5.91 Å². The van der Waals surface area contributed by atoms with Gasteiger partial charge in [0, 0.05) is 24.9 Å². The monoisotopic (exact) mass is 337 g/mol. The first kappa shape index (κ1) is 14.8. The Morgan fingerprint density at radius 1 is 1.04 bits per heavy atom. The second kappa shape index (κ2) is 5.81. The lowest BCUT2D eigenvalue weighted by Gasteiger charge is -2.18. The molecule has 0 saturated carbocycles. The average Bonchev–Trinajstić information content (AvgIpc) is 3.36. The van der Waals surface area contributed by atoms with Crippen molar-refractivity contribution in [2.24, 2.45) is 11.8 Å². The minimum Gasteiger partial charge on any atom is -0.438 e. The van der Waals surface area contributed by atoms with Crippen LogP contribution >= 0.6 is 0 Å². The molecule has 1 aromatic carbocycles. The number of amides is 1. The van der Waals surface area contributed by atoms with Gasteiger partial charge in [-0.25, -0.2) is 9.97 Å². The minimum absolute atomic E-state index is 0.0486. The second-order valence-electron chi connectivity index (χ2n) is 6.98. The predicted octanol–water partition coefficient (Wildman–Crippen LogP) is 2.52. The maximum atomic E-state index is 12.7. The highest BCUT2D eigenvalue weighted by atomic mass is 16.5. The Morgan fingerprint density at radius 3 is 2.40 bits per heavy atom. The van der Waals surface area contributed by atoms with Gasteiger partial charge >= 0.3 is 0 Å². The molecule has 0 N–H and O–H groups in total. The SMILES string of the molecule is O=C(c1cnc(Oc2ccccc2)cn1)N1CC2C3CCC(O3)C2C1. The molecule has 5 rings (SSSR count). The van der Waals surface area contributed by atoms with Crippen LogP contribution < -0.4 is 4.74 Å². The van der Waals surface area contributed by atoms with Crippen molar-refractivity contribution in [1.29, 1.82) is 0 Å². The Kier molecular flexibility index (Phi) is 3.45. The Labute approximate surface area is 145 Å². The van der Waals surface area contributed by atoms with Crippen LogP contribution in [0.5, 0.6) is 11.6 Å². The zero-order valence-corrected chi connectivity index (χ0v) is 13.7. The number of para-hydroxylation sites is 1. The summed E-state index contributed by atoms with van der Waals surface area (Å²) >= 11 is 0. The summed E-state index contributed by atoms with van der Waals surface area (Å²) in [6.07, 6.45) is 5.98. The maximum Gasteiger partial charge on any atom is 0.274 e. The molecular weight excluding hydrogens is 318 g/mol. The van der Waals surface area contributed by atoms with Gasteiger partial charge in [0.2, 0.25) is 5.88 Å². The fourth-order valence-corrected chi connectivity index (χ4v) is 4.38. The van der Waals surface area contributed by atoms with Crippen molar-refractivity contribution in [2.45, 2.75) is 25.0 Å². The van der Waals surface area contributed by atoms with E-state index in [2.05, 4.69) is 9.97 Å². The van der Waals surface area contributed by atoms with Crippen LogP contribution in [-0.2, 0) is 4.74 Å². The van der Waals surface area contributed by atoms with E-state index in [1.807, 2.05) is 35.2 Å². The average molecular weight is 337 g/mol. The lowest BCUT2D eigenvalue weighted by atomic mass is 9.82. The maximum absolute atomic E-state index is 12.7. The molecule has 3 aliphatic rings. The summed E-state index contributed by atoms with van der Waals surface area (Å²) in [5, 5.41) is 0. The van der Waals surface area contributed by atoms with Crippen LogP contribution in [-0.4, -0.2) is 46.1 Å². The van der Waals surface area contributed by atoms with Crippen molar-refractivity contribution >= 4 is 5.91 Å². The number of aromatic nitrogens is 2. The van der Waals surface area contributed by atoms with E-state index in [0.717, 1.165) is 25.9 Å². The summed E-state index contributed by atoms with van der Waals surface area (Å²) in [6.45, 7) is 1.54. The molecule has 3 fully saturated rings. The molecule has 3 aliphatic heterocycles. The number of nitrogens with zero attached hydrogens (tertiary/aromatic N) is 3. The molecule has 0 radical (unpaired) electrons. The molecule has 2 aromatic rings. The Hall–Kier alpha value is -2.47. The summed E-state index contributed by atoms with van der Waals surface area (Å²) in [7, 11) is 0. The normalized spacial score (nSPS) is 29.7. The summed E-state index contributed by atoms with van der Waals surface area (Å²) in [5.74, 6) is 2.02. The first-order chi connectivity index (χ1) is 12.3. The van der Waals surface area contributed by atoms with Gasteiger partial charge in [-0.3, -0.25) is 4.79 Å². The number of benzene rings is 1. The molecule has 4 heterocycles. The van der Waals surface area contributed by atoms with Crippen LogP contribution in [0, 0.1) is 11.8 Å². The number of hydrogen-bond donors (Lipinski definition) is 0. The molecule has 1 amide bonds. The highest BCUT2D eigenvalue weighted by molar-refractivity contribution is 5.92. The summed E-state index contributed by atoms with van der Waals surface area (Å²) in [4.78, 5) is 23.1. The van der Waals surface area contributed by atoms with E-state index in [1.165, 1.54) is 12.4 Å². The quantitative estimate of drug-likeness (QED) is 0.861. The molecule has 6 heteroatoms. The van der Waals surface area contributed by atoms with Crippen LogP contribution in [0.3, 0.4) is 0 Å². The molecule has 2 bridgehead atoms. The number of carbonyl (C=O) groups excluding carboxylic acids is 1. The molecule has 0 aliphatic carbocycles. The molecule has 1 aromatic heterocycles. The van der Waals surface area contributed by atoms with Crippen LogP contribution in [0.25, 0.3) is 0 Å². The molecule has 4 unspecified atom stereocenters. The zero-order valence-electron chi connectivity index (χ0n) is 13.7. The minimum atomic E-state index is -0.0486. The van der Waals surface area contributed by atoms with Gasteiger partial charge in [0.05, 0.1) is 24.6 Å². The molecule has 128 valence electrons. The summed E-state index contributed by atoms with van der Waals surface area (Å²) in [5.41, 5.74) is 0.369. The highest BCUT2D eigenvalue weighted by Gasteiger charge is 2.53. The van der Waals surface area contributed by atoms with E-state index in [1.54, 1.807) is 0 Å². The zero-order chi connectivity index (χ0) is 16.8. The van der Waals surface area contributed by atoms with Crippen molar-refractivity contribution in [3.63, 3.8) is 0 Å². The molecule has 6 nitrogen and oxygen atoms in total. The smallest absolute Gasteiger partial charge is 0.274 e. The fraction of sp³-hybridized carbons (Fsp3) is 0.421. The lowest BCUT2D eigenvalue weighted by Crippen LogP contribution is -2.32. The van der Waals surface area contributed by atoms with Gasteiger partial charge in [0.15, 0.2) is 0 Å². The van der Waals surface area contributed by atoms with Crippen molar-refractivity contribution in [1.82, 2.24) is 14.9 Å². The lowest BCUT2D eigenvalue weighted by molar-refractivity contribution is 0.0590. The molecule has 25 heavy (non-hydrogen) atoms. The second-order valence-corrected chi connectivity index (χ2v) is 6.98. The Morgan fingerprint density at radius 2 is 1.76 bits per heavy atom. The number of fused-ring (bicyclic) bond motifs is 5. The van der Waals surface area contributed by atoms with Crippen molar-refractivity contribution < 1.29 is 14.3 Å². The molecular formula is C19H19N3O3. The third-order valence-corrected chi connectivity index (χ3v) is 5.55. The van der Waals surface area contributed by atoms with Gasteiger partial charge in [-0.05, 0) is 25.0 Å². The largest absolute Gasteiger partial charge is 0.438 e. The number of carbonyl (C=O) groups is 1. The number of rotatable bonds is 3. The van der Waals surface area contributed by atoms with Crippen LogP contribution in [0.4, 0.5) is 0 Å². The first-order valence-corrected chi connectivity index (χ1v) is 8.77. The fourth-order valence-electron chi connectivity index (χ4n) is 4.38. The van der Waals surface area contributed by atoms with Crippen molar-refractivity contribution in [2.75, 3.05) is 13.1 Å². The first-order valence-electron chi connectivity index (χ1n) is 8.77. The number of likely N-dealkylation sites (tertiary alicyclic amines) is 1. The van der Waals surface area contributed by atoms with E-state index in [4.69, 9.17) is 9.47 Å². The highest BCUT2D eigenvalue weighted by Crippen LogP contribution is 2.47. The van der Waals surface area contributed by atoms with E-state index >= 15 is 0 Å². The van der Waals surface area contributed by atoms with Gasteiger partial charge in [0.25, 0.3) is 5.91 Å². The standard InChI is InChI=1S/C19H19N3O3/c23-19(22-10-13-14(11-22)17-7-6-16(13)25-17)15-8-21-18(9-20-15)24-12-4-2-1-3-5-12/h1-5,8-9,13-14,16-17H,6-7,10-11H2. The van der Waals surface area contributed by atoms with Gasteiger partial charge in [-0.2, -0.15) is 0 Å². The van der Waals surface area contributed by atoms with Gasteiger partial charge < -0.3 is 14.4 Å². The van der Waals surface area contributed by atoms with Crippen molar-refractivity contribution in [3.05, 3.63) is 48.4 Å². The summed E-state index contributed by atoms with van der Waals surface area (Å²) in [6, 6.07) is 9.40. The molecule has 4 atom stereocenters. The van der Waals surface area contributed by atoms with E-state index in [0.29, 0.717) is 41.4 Å². The Bertz CT molecular complexity index is 762. The van der Waals surface area contributed by atoms with E-state index < -0.39 is 0 Å². The topological polar surface area (TPSA) is 64.5 Å². The molecule has 0 spiro atoms. The van der Waals surface area contributed by atoms with Crippen LogP contribution in [0.2, 0.25) is 0 Å². The van der Waals surface area contributed by atoms with Crippen molar-refractivity contribution in [3.8, 4) is 11.6 Å². The third kappa shape index (κ3) is 2.57. The molecule has 3 saturated heterocycles. The van der Waals surface area contributed by atoms with Gasteiger partial charge in [-0.15, -0.1) is 0 Å². The predicted molar refractivity (Wildman–Crippen MR) is 89.3 cm³/mol. The number of hydrogen-bond acceptors (Lipinski definition) is 5. The van der Waals surface area contributed by atoms with E-state index in [9.17, 15) is 4.79 Å². The van der Waals surface area contributed by atoms with Crippen LogP contribution in [0.15, 0.2) is 42.7 Å². The van der Waals surface area contributed by atoms with Gasteiger partial charge in [0.1, 0.15) is 11.4 Å².